The Kier molecular flexibility index (Phi) is 3.76. The highest BCUT2D eigenvalue weighted by molar-refractivity contribution is 6.31. The van der Waals surface area contributed by atoms with Gasteiger partial charge in [0.2, 0.25) is 0 Å². The highest BCUT2D eigenvalue weighted by Gasteiger charge is 2.16. The Hall–Kier alpha value is -2.01. The van der Waals surface area contributed by atoms with Gasteiger partial charge in [-0.15, -0.1) is 0 Å². The second kappa shape index (κ2) is 5.32. The highest BCUT2D eigenvalue weighted by Crippen LogP contribution is 2.22. The summed E-state index contributed by atoms with van der Waals surface area (Å²) in [5.74, 6) is -0.436. The van der Waals surface area contributed by atoms with Crippen molar-refractivity contribution in [2.24, 2.45) is 0 Å². The molecule has 100 valence electrons. The van der Waals surface area contributed by atoms with Crippen molar-refractivity contribution >= 4 is 23.3 Å². The van der Waals surface area contributed by atoms with Crippen LogP contribution in [0.1, 0.15) is 23.0 Å². The molecule has 2 aromatic rings. The van der Waals surface area contributed by atoms with E-state index in [-0.39, 0.29) is 0 Å². The Morgan fingerprint density at radius 1 is 1.53 bits per heavy atom. The predicted molar refractivity (Wildman–Crippen MR) is 73.7 cm³/mol. The first-order chi connectivity index (χ1) is 9.02. The molecule has 5 nitrogen and oxygen atoms in total. The zero-order valence-corrected chi connectivity index (χ0v) is 11.4. The number of nitrogens with zero attached hydrogens (tertiary/aromatic N) is 2. The molecule has 0 bridgehead atoms. The molecule has 0 saturated heterocycles. The van der Waals surface area contributed by atoms with Crippen LogP contribution >= 0.6 is 11.6 Å². The number of anilines is 1. The lowest BCUT2D eigenvalue weighted by Crippen LogP contribution is -2.10. The maximum Gasteiger partial charge on any atom is 0.340 e. The van der Waals surface area contributed by atoms with E-state index in [1.807, 2.05) is 0 Å². The first-order valence-electron chi connectivity index (χ1n) is 5.81. The average Bonchev–Trinajstić information content (AvgIpc) is 2.69. The van der Waals surface area contributed by atoms with E-state index in [0.29, 0.717) is 34.3 Å². The summed E-state index contributed by atoms with van der Waals surface area (Å²) in [5.41, 5.74) is 7.83. The average molecular weight is 280 g/mol. The topological polar surface area (TPSA) is 70.1 Å². The summed E-state index contributed by atoms with van der Waals surface area (Å²) in [5, 5.41) is 4.78. The molecular weight excluding hydrogens is 266 g/mol. The zero-order valence-electron chi connectivity index (χ0n) is 10.7. The quantitative estimate of drug-likeness (QED) is 0.692. The molecule has 0 unspecified atom stereocenters. The van der Waals surface area contributed by atoms with Crippen LogP contribution in [0.4, 0.5) is 5.69 Å². The number of ether oxygens (including phenoxy) is 1. The molecule has 0 radical (unpaired) electrons. The van der Waals surface area contributed by atoms with Crippen LogP contribution in [0.15, 0.2) is 24.4 Å². The fourth-order valence-electron chi connectivity index (χ4n) is 1.69. The van der Waals surface area contributed by atoms with E-state index in [1.165, 1.54) is 0 Å². The molecule has 2 N–H and O–H groups in total. The second-order valence-electron chi connectivity index (χ2n) is 4.00. The van der Waals surface area contributed by atoms with Crippen LogP contribution in [-0.2, 0) is 4.74 Å². The third-order valence-electron chi connectivity index (χ3n) is 2.60. The summed E-state index contributed by atoms with van der Waals surface area (Å²) < 4.78 is 6.56. The van der Waals surface area contributed by atoms with E-state index < -0.39 is 5.97 Å². The summed E-state index contributed by atoms with van der Waals surface area (Å²) in [4.78, 5) is 11.9. The SMILES string of the molecule is CCOC(=O)c1cc(N)ccc1-n1cc(Cl)c(C)n1. The Labute approximate surface area is 115 Å². The molecule has 0 atom stereocenters. The van der Waals surface area contributed by atoms with Crippen molar-refractivity contribution in [2.45, 2.75) is 13.8 Å². The Morgan fingerprint density at radius 2 is 2.26 bits per heavy atom. The van der Waals surface area contributed by atoms with Gasteiger partial charge in [0, 0.05) is 11.9 Å². The number of rotatable bonds is 3. The van der Waals surface area contributed by atoms with Gasteiger partial charge in [0.05, 0.1) is 28.6 Å². The first-order valence-corrected chi connectivity index (χ1v) is 6.19. The monoisotopic (exact) mass is 279 g/mol. The van der Waals surface area contributed by atoms with E-state index in [2.05, 4.69) is 5.10 Å². The number of aryl methyl sites for hydroxylation is 1. The molecule has 0 aliphatic heterocycles. The Balaban J connectivity index is 2.53. The number of nitrogen functional groups attached to an aromatic ring is 1. The van der Waals surface area contributed by atoms with Crippen molar-refractivity contribution in [3.05, 3.63) is 40.7 Å². The lowest BCUT2D eigenvalue weighted by atomic mass is 10.1. The number of carbonyl (C=O) groups excluding carboxylic acids is 1. The standard InChI is InChI=1S/C13H14ClN3O2/c1-3-19-13(18)10-6-9(15)4-5-12(10)17-7-11(14)8(2)16-17/h4-7H,3,15H2,1-2H3. The molecule has 1 aromatic heterocycles. The maximum atomic E-state index is 11.9. The number of hydrogen-bond donors (Lipinski definition) is 1. The lowest BCUT2D eigenvalue weighted by Gasteiger charge is -2.09. The van der Waals surface area contributed by atoms with Crippen molar-refractivity contribution < 1.29 is 9.53 Å². The van der Waals surface area contributed by atoms with Crippen molar-refractivity contribution in [1.29, 1.82) is 0 Å². The minimum Gasteiger partial charge on any atom is -0.462 e. The fraction of sp³-hybridized carbons (Fsp3) is 0.231. The fourth-order valence-corrected chi connectivity index (χ4v) is 1.82. The van der Waals surface area contributed by atoms with Gasteiger partial charge in [0.1, 0.15) is 0 Å². The Morgan fingerprint density at radius 3 is 2.84 bits per heavy atom. The van der Waals surface area contributed by atoms with E-state index in [0.717, 1.165) is 0 Å². The largest absolute Gasteiger partial charge is 0.462 e. The summed E-state index contributed by atoms with van der Waals surface area (Å²) in [6.45, 7) is 3.84. The molecule has 2 rings (SSSR count). The molecule has 6 heteroatoms. The molecule has 0 aliphatic rings. The van der Waals surface area contributed by atoms with Gasteiger partial charge in [0.25, 0.3) is 0 Å². The van der Waals surface area contributed by atoms with Crippen LogP contribution < -0.4 is 5.73 Å². The number of carbonyl (C=O) groups is 1. The van der Waals surface area contributed by atoms with Gasteiger partial charge in [0.15, 0.2) is 0 Å². The smallest absolute Gasteiger partial charge is 0.340 e. The van der Waals surface area contributed by atoms with Gasteiger partial charge in [-0.3, -0.25) is 0 Å². The van der Waals surface area contributed by atoms with Crippen molar-refractivity contribution in [3.8, 4) is 5.69 Å². The number of nitrogens with two attached hydrogens (primary N) is 1. The molecule has 1 heterocycles. The van der Waals surface area contributed by atoms with Gasteiger partial charge in [-0.05, 0) is 32.0 Å². The van der Waals surface area contributed by atoms with E-state index in [4.69, 9.17) is 22.1 Å². The van der Waals surface area contributed by atoms with Crippen molar-refractivity contribution in [2.75, 3.05) is 12.3 Å². The maximum absolute atomic E-state index is 11.9. The molecule has 0 amide bonds. The molecule has 1 aromatic carbocycles. The van der Waals surface area contributed by atoms with Gasteiger partial charge in [-0.2, -0.15) is 5.10 Å². The predicted octanol–water partition coefficient (Wildman–Crippen LogP) is 2.59. The normalized spacial score (nSPS) is 10.5. The summed E-state index contributed by atoms with van der Waals surface area (Å²) in [6, 6.07) is 4.98. The Bertz CT molecular complexity index is 603. The number of benzene rings is 1. The highest BCUT2D eigenvalue weighted by atomic mass is 35.5. The molecule has 0 spiro atoms. The van der Waals surface area contributed by atoms with Gasteiger partial charge in [-0.1, -0.05) is 11.6 Å². The summed E-state index contributed by atoms with van der Waals surface area (Å²) in [7, 11) is 0. The lowest BCUT2D eigenvalue weighted by molar-refractivity contribution is 0.0526. The molecular formula is C13H14ClN3O2. The summed E-state index contributed by atoms with van der Waals surface area (Å²) in [6.07, 6.45) is 1.64. The van der Waals surface area contributed by atoms with E-state index in [1.54, 1.807) is 42.9 Å². The van der Waals surface area contributed by atoms with E-state index >= 15 is 0 Å². The zero-order chi connectivity index (χ0) is 14.0. The second-order valence-corrected chi connectivity index (χ2v) is 4.41. The first kappa shape index (κ1) is 13.4. The van der Waals surface area contributed by atoms with Crippen LogP contribution in [0.3, 0.4) is 0 Å². The van der Waals surface area contributed by atoms with Crippen molar-refractivity contribution in [3.63, 3.8) is 0 Å². The van der Waals surface area contributed by atoms with Crippen LogP contribution in [0.5, 0.6) is 0 Å². The molecule has 0 fully saturated rings. The number of halogens is 1. The van der Waals surface area contributed by atoms with Crippen LogP contribution in [0.2, 0.25) is 5.02 Å². The van der Waals surface area contributed by atoms with Gasteiger partial charge < -0.3 is 10.5 Å². The van der Waals surface area contributed by atoms with Gasteiger partial charge in [-0.25, -0.2) is 9.48 Å². The number of esters is 1. The third kappa shape index (κ3) is 2.71. The van der Waals surface area contributed by atoms with E-state index in [9.17, 15) is 4.79 Å². The van der Waals surface area contributed by atoms with Gasteiger partial charge >= 0.3 is 5.97 Å². The number of aromatic nitrogens is 2. The van der Waals surface area contributed by atoms with Crippen LogP contribution in [0.25, 0.3) is 5.69 Å². The minimum absolute atomic E-state index is 0.298. The number of hydrogen-bond acceptors (Lipinski definition) is 4. The van der Waals surface area contributed by atoms with Crippen LogP contribution in [-0.4, -0.2) is 22.4 Å². The van der Waals surface area contributed by atoms with Crippen LogP contribution in [0, 0.1) is 6.92 Å². The summed E-state index contributed by atoms with van der Waals surface area (Å²) >= 11 is 5.98. The minimum atomic E-state index is -0.436. The molecule has 0 aliphatic carbocycles. The molecule has 19 heavy (non-hydrogen) atoms. The molecule has 0 saturated carbocycles. The van der Waals surface area contributed by atoms with Crippen molar-refractivity contribution in [1.82, 2.24) is 9.78 Å². The third-order valence-corrected chi connectivity index (χ3v) is 2.97.